The van der Waals surface area contributed by atoms with Gasteiger partial charge < -0.3 is 90.6 Å². The summed E-state index contributed by atoms with van der Waals surface area (Å²) in [5.41, 5.74) is 61.8. The summed E-state index contributed by atoms with van der Waals surface area (Å²) in [7, 11) is 0. The molecule has 0 heterocycles. The zero-order chi connectivity index (χ0) is 31.7. The van der Waals surface area contributed by atoms with E-state index in [-0.39, 0.29) is 164 Å². The van der Waals surface area contributed by atoms with E-state index in [9.17, 15) is 33.6 Å². The molecule has 22 nitrogen and oxygen atoms in total. The van der Waals surface area contributed by atoms with Crippen LogP contribution >= 0.6 is 0 Å². The minimum atomic E-state index is -2.15. The van der Waals surface area contributed by atoms with Crippen molar-refractivity contribution in [2.75, 3.05) is 32.8 Å². The second-order valence-corrected chi connectivity index (χ2v) is 4.56. The summed E-state index contributed by atoms with van der Waals surface area (Å²) in [4.78, 5) is 68.3. The van der Waals surface area contributed by atoms with Gasteiger partial charge in [-0.2, -0.15) is 19.6 Å². The van der Waals surface area contributed by atoms with Gasteiger partial charge in [-0.3, -0.25) is 24.0 Å². The third kappa shape index (κ3) is 137. The van der Waals surface area contributed by atoms with Gasteiger partial charge in [-0.1, -0.05) is 20.8 Å². The topological polar surface area (TPSA) is 404 Å². The summed E-state index contributed by atoms with van der Waals surface area (Å²) in [6.07, 6.45) is -7.47. The van der Waals surface area contributed by atoms with Crippen LogP contribution < -0.4 is 0 Å². The minimum absolute atomic E-state index is 0. The summed E-state index contributed by atoms with van der Waals surface area (Å²) in [5.74, 6) is -2.02. The van der Waals surface area contributed by atoms with Crippen molar-refractivity contribution >= 4 is 42.3 Å². The van der Waals surface area contributed by atoms with Gasteiger partial charge in [0.05, 0.1) is 11.8 Å². The van der Waals surface area contributed by atoms with Crippen molar-refractivity contribution in [3.8, 4) is 0 Å². The van der Waals surface area contributed by atoms with Gasteiger partial charge in [0.15, 0.2) is 0 Å². The predicted molar refractivity (Wildman–Crippen MR) is 131 cm³/mol. The Kier molecular flexibility index (Phi) is 107. The first-order valence-electron chi connectivity index (χ1n) is 9.37. The van der Waals surface area contributed by atoms with Gasteiger partial charge >= 0.3 is 6.48 Å². The fourth-order valence-corrected chi connectivity index (χ4v) is 0.597. The molecule has 0 aliphatic carbocycles. The Hall–Kier alpha value is 0.689. The smallest absolute Gasteiger partial charge is 0.409 e. The Balaban J connectivity index is -0.0000000338. The fraction of sp³-hybridized carbons (Fsp3) is 0.562. The molecular weight excluding hydrogens is 969 g/mol. The quantitative estimate of drug-likeness (QED) is 0.195. The molecule has 10 N–H and O–H groups in total. The standard InChI is InChI=1S/C4H7N3O6.2C3H6N2O3.3C2H6N.5Y/c5-1(8)11-4(12-2(6)9)13-3(7)10;2*4-2(6)1-8-3(5)7;3*1-2-3;;;;;/h4H,(H6,5,6,7,8,9,10);2*1H2,(H4,4,5,6,7);3*3H,2H2,1H3;;;;;/q;;;3*-1;;;;;/p-7. The Labute approximate surface area is 374 Å². The molecule has 0 aromatic heterocycles. The molecule has 43 heavy (non-hydrogen) atoms. The van der Waals surface area contributed by atoms with Crippen molar-refractivity contribution in [3.05, 3.63) is 57.3 Å². The number of carbonyl (C=O) groups is 7. The van der Waals surface area contributed by atoms with Crippen LogP contribution in [0.1, 0.15) is 20.8 Å². The van der Waals surface area contributed by atoms with E-state index in [0.717, 1.165) is 0 Å². The summed E-state index contributed by atoms with van der Waals surface area (Å²) in [6, 6.07) is 0. The summed E-state index contributed by atoms with van der Waals surface area (Å²) < 4.78 is 18.9. The van der Waals surface area contributed by atoms with Crippen LogP contribution in [-0.2, 0) is 197 Å². The van der Waals surface area contributed by atoms with E-state index in [4.69, 9.17) is 57.3 Å². The van der Waals surface area contributed by atoms with E-state index < -0.39 is 62.0 Å². The van der Waals surface area contributed by atoms with Crippen LogP contribution in [0.5, 0.6) is 0 Å². The van der Waals surface area contributed by atoms with Crippen molar-refractivity contribution in [2.24, 2.45) is 0 Å². The average Bonchev–Trinajstić information content (AvgIpc) is 2.72. The number of hydrogen-bond donors (Lipinski definition) is 0. The van der Waals surface area contributed by atoms with Gasteiger partial charge in [-0.15, -0.1) is 0 Å². The molecule has 0 atom stereocenters. The molecule has 5 radical (unpaired) electrons. The Bertz CT molecular complexity index is 591. The molecule has 27 heteroatoms. The number of nitrogens with one attached hydrogen (secondary N) is 10. The Morgan fingerprint density at radius 2 is 0.605 bits per heavy atom. The molecule has 0 rings (SSSR count). The normalized spacial score (nSPS) is 6.95. The SMILES string of the molecule is CC[NH-].CC[NH-].CC[NH-].[NH-]C(=O)COC([NH-])=O.[NH-]C(=O)COC([NH-])=O.[NH-]C(=O)OC(OC([NH-])=O)OC([NH-])=O.[Y].[Y].[Y].[Y].[Y]. The molecule has 0 aromatic carbocycles. The fourth-order valence-electron chi connectivity index (χ4n) is 0.597. The van der Waals surface area contributed by atoms with Crippen LogP contribution in [-0.4, -0.2) is 81.6 Å². The number of rotatable bonds is 7. The molecule has 241 valence electrons. The maximum Gasteiger partial charge on any atom is 0.409 e. The first-order chi connectivity index (χ1) is 17.4. The molecule has 0 bridgehead atoms. The first kappa shape index (κ1) is 74.5. The van der Waals surface area contributed by atoms with Crippen molar-refractivity contribution in [1.29, 1.82) is 0 Å². The molecule has 0 saturated heterocycles. The van der Waals surface area contributed by atoms with Crippen molar-refractivity contribution in [1.82, 2.24) is 0 Å². The van der Waals surface area contributed by atoms with Crippen LogP contribution in [0.15, 0.2) is 0 Å². The number of carbonyl (C=O) groups excluding carboxylic acids is 7. The van der Waals surface area contributed by atoms with Gasteiger partial charge in [0.1, 0.15) is 13.2 Å². The summed E-state index contributed by atoms with van der Waals surface area (Å²) in [5, 5.41) is 0. The maximum absolute atomic E-state index is 9.96. The van der Waals surface area contributed by atoms with Gasteiger partial charge in [0.25, 0.3) is 0 Å². The van der Waals surface area contributed by atoms with Gasteiger partial charge in [0, 0.05) is 164 Å². The summed E-state index contributed by atoms with van der Waals surface area (Å²) in [6.45, 7) is 3.48. The molecule has 0 aromatic rings. The van der Waals surface area contributed by atoms with Gasteiger partial charge in [0.2, 0.25) is 30.5 Å². The third-order valence-corrected chi connectivity index (χ3v) is 1.28. The monoisotopic (exact) mass is 999 g/mol. The Morgan fingerprint density at radius 3 is 0.674 bits per heavy atom. The van der Waals surface area contributed by atoms with Crippen LogP contribution in [0.3, 0.4) is 0 Å². The molecule has 0 spiro atoms. The van der Waals surface area contributed by atoms with Crippen LogP contribution in [0.4, 0.5) is 24.0 Å². The van der Waals surface area contributed by atoms with Crippen LogP contribution in [0.2, 0.25) is 0 Å². The number of ether oxygens (including phenoxy) is 5. The van der Waals surface area contributed by atoms with Crippen molar-refractivity contribution in [2.45, 2.75) is 27.2 Å². The second-order valence-electron chi connectivity index (χ2n) is 4.56. The minimum Gasteiger partial charge on any atom is -0.678 e. The van der Waals surface area contributed by atoms with Gasteiger partial charge in [-0.25, -0.2) is 0 Å². The largest absolute Gasteiger partial charge is 0.678 e. The van der Waals surface area contributed by atoms with E-state index in [1.165, 1.54) is 0 Å². The second kappa shape index (κ2) is 61.7. The molecule has 0 aliphatic heterocycles. The first-order valence-corrected chi connectivity index (χ1v) is 9.37. The Morgan fingerprint density at radius 1 is 0.442 bits per heavy atom. The molecule has 0 fully saturated rings. The third-order valence-electron chi connectivity index (χ3n) is 1.28. The number of amides is 7. The van der Waals surface area contributed by atoms with Crippen LogP contribution in [0.25, 0.3) is 57.3 Å². The maximum atomic E-state index is 9.96. The van der Waals surface area contributed by atoms with E-state index >= 15 is 0 Å². The molecule has 7 amide bonds. The molecule has 0 aliphatic rings. The summed E-state index contributed by atoms with van der Waals surface area (Å²) >= 11 is 0. The van der Waals surface area contributed by atoms with Crippen molar-refractivity contribution in [3.63, 3.8) is 0 Å². The zero-order valence-electron chi connectivity index (χ0n) is 23.4. The zero-order valence-corrected chi connectivity index (χ0v) is 37.6. The average molecular weight is 999 g/mol. The molecule has 0 unspecified atom stereocenters. The molecular formula is C16H30N10O12Y5-10. The predicted octanol–water partition coefficient (Wildman–Crippen LogP) is 6.51. The van der Waals surface area contributed by atoms with E-state index in [1.54, 1.807) is 20.8 Å². The number of hydrogen-bond acceptors (Lipinski definition) is 12. The van der Waals surface area contributed by atoms with Crippen LogP contribution in [0, 0.1) is 0 Å². The van der Waals surface area contributed by atoms with Gasteiger partial charge in [-0.05, 0) is 0 Å². The van der Waals surface area contributed by atoms with Crippen molar-refractivity contribution < 1.29 is 221 Å². The van der Waals surface area contributed by atoms with E-state index in [2.05, 4.69) is 23.7 Å². The van der Waals surface area contributed by atoms with E-state index in [0.29, 0.717) is 19.6 Å². The van der Waals surface area contributed by atoms with E-state index in [1.807, 2.05) is 0 Å². The molecule has 0 saturated carbocycles.